The average molecular weight is 516 g/mol. The molecule has 8 nitrogen and oxygen atoms in total. The lowest BCUT2D eigenvalue weighted by Crippen LogP contribution is -2.49. The SMILES string of the molecule is C=C(C(=O)c1ccc(S(=O)(=O)NC(C)(C)C(=O)O)cc1)c1cc(-c2cccs2)c(OC)cc1OC. The zero-order valence-corrected chi connectivity index (χ0v) is 21.2. The first-order chi connectivity index (χ1) is 16.4. The summed E-state index contributed by atoms with van der Waals surface area (Å²) in [5.41, 5.74) is -0.0820. The van der Waals surface area contributed by atoms with Gasteiger partial charge in [-0.25, -0.2) is 8.42 Å². The van der Waals surface area contributed by atoms with Crippen LogP contribution in [0.2, 0.25) is 0 Å². The van der Waals surface area contributed by atoms with Crippen molar-refractivity contribution in [1.29, 1.82) is 0 Å². The van der Waals surface area contributed by atoms with Crippen LogP contribution >= 0.6 is 11.3 Å². The third kappa shape index (κ3) is 5.45. The second-order valence-electron chi connectivity index (χ2n) is 8.10. The summed E-state index contributed by atoms with van der Waals surface area (Å²) in [5, 5.41) is 11.1. The number of hydrogen-bond donors (Lipinski definition) is 2. The smallest absolute Gasteiger partial charge is 0.324 e. The highest BCUT2D eigenvalue weighted by Crippen LogP contribution is 2.40. The molecule has 3 aromatic rings. The van der Waals surface area contributed by atoms with E-state index in [2.05, 4.69) is 11.3 Å². The van der Waals surface area contributed by atoms with Gasteiger partial charge in [0.05, 0.1) is 19.1 Å². The number of nitrogens with one attached hydrogen (secondary N) is 1. The van der Waals surface area contributed by atoms with Gasteiger partial charge in [-0.2, -0.15) is 4.72 Å². The molecule has 0 amide bonds. The van der Waals surface area contributed by atoms with Crippen molar-refractivity contribution >= 4 is 38.7 Å². The minimum Gasteiger partial charge on any atom is -0.496 e. The molecule has 0 bridgehead atoms. The molecule has 0 saturated heterocycles. The van der Waals surface area contributed by atoms with E-state index in [1.54, 1.807) is 19.2 Å². The molecule has 0 radical (unpaired) electrons. The van der Waals surface area contributed by atoms with Crippen molar-refractivity contribution in [3.8, 4) is 21.9 Å². The van der Waals surface area contributed by atoms with Gasteiger partial charge >= 0.3 is 5.97 Å². The number of carboxylic acid groups (broad SMARTS) is 1. The number of methoxy groups -OCH3 is 2. The van der Waals surface area contributed by atoms with E-state index >= 15 is 0 Å². The van der Waals surface area contributed by atoms with Crippen LogP contribution in [0.25, 0.3) is 16.0 Å². The quantitative estimate of drug-likeness (QED) is 0.302. The van der Waals surface area contributed by atoms with Crippen LogP contribution in [-0.4, -0.2) is 45.0 Å². The second kappa shape index (κ2) is 10.0. The van der Waals surface area contributed by atoms with Crippen LogP contribution in [0.4, 0.5) is 0 Å². The van der Waals surface area contributed by atoms with Crippen molar-refractivity contribution in [1.82, 2.24) is 4.72 Å². The number of benzene rings is 2. The molecule has 0 atom stereocenters. The van der Waals surface area contributed by atoms with Crippen molar-refractivity contribution in [3.63, 3.8) is 0 Å². The highest BCUT2D eigenvalue weighted by molar-refractivity contribution is 7.89. The van der Waals surface area contributed by atoms with Gasteiger partial charge in [-0.05, 0) is 55.6 Å². The van der Waals surface area contributed by atoms with E-state index in [9.17, 15) is 23.1 Å². The lowest BCUT2D eigenvalue weighted by atomic mass is 9.95. The van der Waals surface area contributed by atoms with Gasteiger partial charge in [0.15, 0.2) is 5.78 Å². The third-order valence-corrected chi connectivity index (χ3v) is 7.83. The first-order valence-electron chi connectivity index (χ1n) is 10.3. The van der Waals surface area contributed by atoms with E-state index in [1.165, 1.54) is 56.6 Å². The van der Waals surface area contributed by atoms with Crippen LogP contribution in [0.1, 0.15) is 29.8 Å². The predicted octanol–water partition coefficient (Wildman–Crippen LogP) is 4.47. The highest BCUT2D eigenvalue weighted by Gasteiger charge is 2.33. The van der Waals surface area contributed by atoms with Gasteiger partial charge in [0.25, 0.3) is 0 Å². The Morgan fingerprint density at radius 3 is 2.17 bits per heavy atom. The van der Waals surface area contributed by atoms with Crippen LogP contribution in [0.3, 0.4) is 0 Å². The number of rotatable bonds is 10. The molecule has 0 fully saturated rings. The van der Waals surface area contributed by atoms with E-state index in [0.717, 1.165) is 10.4 Å². The number of thiophene rings is 1. The summed E-state index contributed by atoms with van der Waals surface area (Å²) in [6.45, 7) is 6.44. The van der Waals surface area contributed by atoms with Crippen LogP contribution in [-0.2, 0) is 14.8 Å². The topological polar surface area (TPSA) is 119 Å². The fourth-order valence-electron chi connectivity index (χ4n) is 3.28. The van der Waals surface area contributed by atoms with Crippen LogP contribution in [0.15, 0.2) is 65.4 Å². The Morgan fingerprint density at radius 2 is 1.66 bits per heavy atom. The Bertz CT molecular complexity index is 1370. The van der Waals surface area contributed by atoms with E-state index < -0.39 is 27.3 Å². The Balaban J connectivity index is 1.94. The van der Waals surface area contributed by atoms with Crippen molar-refractivity contribution in [2.24, 2.45) is 0 Å². The average Bonchev–Trinajstić information content (AvgIpc) is 3.36. The Morgan fingerprint density at radius 1 is 1.03 bits per heavy atom. The van der Waals surface area contributed by atoms with E-state index in [0.29, 0.717) is 17.1 Å². The van der Waals surface area contributed by atoms with Crippen LogP contribution in [0, 0.1) is 0 Å². The lowest BCUT2D eigenvalue weighted by molar-refractivity contribution is -0.142. The molecule has 0 spiro atoms. The number of aliphatic carboxylic acids is 1. The number of sulfonamides is 1. The maximum Gasteiger partial charge on any atom is 0.324 e. The summed E-state index contributed by atoms with van der Waals surface area (Å²) in [6, 6.07) is 12.5. The molecule has 35 heavy (non-hydrogen) atoms. The monoisotopic (exact) mass is 515 g/mol. The Kier molecular flexibility index (Phi) is 7.49. The number of hydrogen-bond acceptors (Lipinski definition) is 7. The van der Waals surface area contributed by atoms with Crippen molar-refractivity contribution in [3.05, 3.63) is 71.6 Å². The molecule has 2 N–H and O–H groups in total. The first kappa shape index (κ1) is 26.1. The molecule has 0 unspecified atom stereocenters. The molecule has 0 aliphatic carbocycles. The van der Waals surface area contributed by atoms with Gasteiger partial charge < -0.3 is 14.6 Å². The normalized spacial score (nSPS) is 11.7. The summed E-state index contributed by atoms with van der Waals surface area (Å²) < 4.78 is 38.3. The maximum atomic E-state index is 13.2. The standard InChI is InChI=1S/C25H25NO7S2/c1-15(18-13-19(22-7-6-12-34-22)21(33-5)14-20(18)32-4)23(27)16-8-10-17(11-9-16)35(30,31)26-25(2,3)24(28)29/h6-14,26H,1H2,2-5H3,(H,28,29). The molecule has 1 aromatic heterocycles. The number of carbonyl (C=O) groups is 2. The van der Waals surface area contributed by atoms with Gasteiger partial charge in [-0.1, -0.05) is 12.6 Å². The fourth-order valence-corrected chi connectivity index (χ4v) is 5.40. The van der Waals surface area contributed by atoms with Crippen molar-refractivity contribution in [2.75, 3.05) is 14.2 Å². The summed E-state index contributed by atoms with van der Waals surface area (Å²) in [4.78, 5) is 25.3. The lowest BCUT2D eigenvalue weighted by Gasteiger charge is -2.20. The van der Waals surface area contributed by atoms with E-state index in [4.69, 9.17) is 9.47 Å². The van der Waals surface area contributed by atoms with Crippen molar-refractivity contribution < 1.29 is 32.6 Å². The molecule has 0 saturated carbocycles. The molecule has 10 heteroatoms. The van der Waals surface area contributed by atoms with Gasteiger partial charge in [0.2, 0.25) is 10.0 Å². The summed E-state index contributed by atoms with van der Waals surface area (Å²) >= 11 is 1.52. The van der Waals surface area contributed by atoms with Gasteiger partial charge in [-0.3, -0.25) is 9.59 Å². The highest BCUT2D eigenvalue weighted by atomic mass is 32.2. The minimum atomic E-state index is -4.12. The number of allylic oxidation sites excluding steroid dienone is 1. The molecule has 3 rings (SSSR count). The minimum absolute atomic E-state index is 0.156. The zero-order valence-electron chi connectivity index (χ0n) is 19.6. The van der Waals surface area contributed by atoms with Crippen molar-refractivity contribution in [2.45, 2.75) is 24.3 Å². The summed E-state index contributed by atoms with van der Waals surface area (Å²) in [7, 11) is -1.10. The number of Topliss-reactive ketones (excluding diaryl/α,β-unsaturated/α-hetero) is 1. The zero-order chi connectivity index (χ0) is 26.0. The van der Waals surface area contributed by atoms with Gasteiger partial charge in [0.1, 0.15) is 17.0 Å². The largest absolute Gasteiger partial charge is 0.496 e. The third-order valence-electron chi connectivity index (χ3n) is 5.26. The number of carbonyl (C=O) groups excluding carboxylic acids is 1. The number of ether oxygens (including phenoxy) is 2. The maximum absolute atomic E-state index is 13.2. The molecular weight excluding hydrogens is 490 g/mol. The molecule has 184 valence electrons. The second-order valence-corrected chi connectivity index (χ2v) is 10.7. The predicted molar refractivity (Wildman–Crippen MR) is 135 cm³/mol. The van der Waals surface area contributed by atoms with Gasteiger partial charge in [0, 0.05) is 33.2 Å². The molecule has 0 aliphatic heterocycles. The Labute approximate surface area is 207 Å². The molecular formula is C25H25NO7S2. The van der Waals surface area contributed by atoms with E-state index in [1.807, 2.05) is 17.5 Å². The summed E-state index contributed by atoms with van der Waals surface area (Å²) in [6.07, 6.45) is 0. The Hall–Kier alpha value is -3.47. The first-order valence-corrected chi connectivity index (χ1v) is 12.7. The molecule has 1 heterocycles. The fraction of sp³-hybridized carbons (Fsp3) is 0.200. The molecule has 2 aromatic carbocycles. The van der Waals surface area contributed by atoms with Crippen LogP contribution < -0.4 is 14.2 Å². The van der Waals surface area contributed by atoms with Crippen LogP contribution in [0.5, 0.6) is 11.5 Å². The number of carboxylic acids is 1. The van der Waals surface area contributed by atoms with E-state index in [-0.39, 0.29) is 16.0 Å². The summed E-state index contributed by atoms with van der Waals surface area (Å²) in [5.74, 6) is -0.757. The molecule has 0 aliphatic rings. The van der Waals surface area contributed by atoms with Gasteiger partial charge in [-0.15, -0.1) is 11.3 Å². The number of ketones is 1.